The fourth-order valence-corrected chi connectivity index (χ4v) is 4.54. The van der Waals surface area contributed by atoms with Crippen molar-refractivity contribution in [3.05, 3.63) is 70.3 Å². The number of benzene rings is 2. The van der Waals surface area contributed by atoms with Crippen molar-refractivity contribution in [2.75, 3.05) is 5.09 Å². The summed E-state index contributed by atoms with van der Waals surface area (Å²) in [5.41, 5.74) is 1.16. The molecule has 1 aliphatic heterocycles. The highest BCUT2D eigenvalue weighted by Crippen LogP contribution is 2.48. The molecular weight excluding hydrogens is 327 g/mol. The van der Waals surface area contributed by atoms with Gasteiger partial charge in [-0.25, -0.2) is 4.98 Å². The molecule has 0 bridgehead atoms. The van der Waals surface area contributed by atoms with Crippen LogP contribution in [-0.4, -0.2) is 15.9 Å². The minimum Gasteiger partial charge on any atom is -0.319 e. The molecule has 0 saturated heterocycles. The maximum atomic E-state index is 13.0. The average molecular weight is 340 g/mol. The van der Waals surface area contributed by atoms with Gasteiger partial charge >= 0.3 is 0 Å². The first-order chi connectivity index (χ1) is 11.5. The van der Waals surface area contributed by atoms with Crippen LogP contribution < -0.4 is 15.7 Å². The largest absolute Gasteiger partial charge is 0.319 e. The van der Waals surface area contributed by atoms with Gasteiger partial charge in [-0.15, -0.1) is 0 Å². The summed E-state index contributed by atoms with van der Waals surface area (Å²) in [6.07, 6.45) is -0.0901. The predicted octanol–water partition coefficient (Wildman–Crippen LogP) is 2.47. The van der Waals surface area contributed by atoms with Gasteiger partial charge in [0.05, 0.1) is 28.3 Å². The molecule has 1 amide bonds. The van der Waals surface area contributed by atoms with Gasteiger partial charge in [0.1, 0.15) is 5.82 Å². The van der Waals surface area contributed by atoms with E-state index in [1.807, 2.05) is 0 Å². The van der Waals surface area contributed by atoms with Crippen molar-refractivity contribution < 1.29 is 9.36 Å². The number of H-pyrrole nitrogens is 1. The van der Waals surface area contributed by atoms with Crippen LogP contribution in [0.25, 0.3) is 10.9 Å². The van der Waals surface area contributed by atoms with Crippen LogP contribution in [0.5, 0.6) is 0 Å². The molecule has 2 aromatic carbocycles. The number of nitrogens with zero attached hydrogens (tertiary/aromatic N) is 1. The second-order valence-electron chi connectivity index (χ2n) is 5.53. The Morgan fingerprint density at radius 2 is 1.71 bits per heavy atom. The molecule has 4 rings (SSSR count). The number of hydrogen-bond donors (Lipinski definition) is 3. The van der Waals surface area contributed by atoms with Crippen molar-refractivity contribution in [1.29, 1.82) is 0 Å². The summed E-state index contributed by atoms with van der Waals surface area (Å²) in [5.74, 6) is -0.148. The van der Waals surface area contributed by atoms with Gasteiger partial charge < -0.3 is 10.1 Å². The van der Waals surface area contributed by atoms with Crippen molar-refractivity contribution in [3.8, 4) is 0 Å². The number of para-hydroxylation sites is 2. The van der Waals surface area contributed by atoms with E-state index in [2.05, 4.69) is 20.1 Å². The smallest absolute Gasteiger partial charge is 0.267 e. The second-order valence-corrected chi connectivity index (χ2v) is 7.77. The summed E-state index contributed by atoms with van der Waals surface area (Å²) in [6.45, 7) is 0. The fraction of sp³-hybridized carbons (Fsp3) is 0.0625. The minimum atomic E-state index is -3.30. The summed E-state index contributed by atoms with van der Waals surface area (Å²) in [4.78, 5) is 31.2. The molecule has 8 heteroatoms. The molecule has 0 spiro atoms. The second kappa shape index (κ2) is 5.32. The molecule has 0 fully saturated rings. The first-order valence-electron chi connectivity index (χ1n) is 7.31. The maximum Gasteiger partial charge on any atom is 0.267 e. The van der Waals surface area contributed by atoms with Gasteiger partial charge in [0.25, 0.3) is 18.9 Å². The van der Waals surface area contributed by atoms with Crippen molar-refractivity contribution in [2.45, 2.75) is 6.16 Å². The number of hydrogen-bond acceptors (Lipinski definition) is 4. The Morgan fingerprint density at radius 3 is 2.58 bits per heavy atom. The summed E-state index contributed by atoms with van der Waals surface area (Å²) in [6, 6.07) is 13.7. The maximum absolute atomic E-state index is 13.0. The molecule has 0 radical (unpaired) electrons. The van der Waals surface area contributed by atoms with Gasteiger partial charge in [0.2, 0.25) is 0 Å². The predicted molar refractivity (Wildman–Crippen MR) is 91.2 cm³/mol. The number of anilines is 1. The zero-order valence-electron chi connectivity index (χ0n) is 12.4. The summed E-state index contributed by atoms with van der Waals surface area (Å²) in [5, 5.41) is 5.85. The standard InChI is InChI=1S/C16H13N4O3P/c21-15-10-5-1-3-7-12(10)17-14(18-15)9-24(23)19-13-8-4-2-6-11(13)16(22)20-24/h1-8H,9H2,(H,17,18,21)(H2,19,20,22,23). The zero-order chi connectivity index (χ0) is 16.7. The van der Waals surface area contributed by atoms with Crippen molar-refractivity contribution in [3.63, 3.8) is 0 Å². The average Bonchev–Trinajstić information content (AvgIpc) is 2.54. The minimum absolute atomic E-state index is 0.0901. The molecule has 120 valence electrons. The van der Waals surface area contributed by atoms with Crippen LogP contribution in [0.15, 0.2) is 53.3 Å². The van der Waals surface area contributed by atoms with Gasteiger partial charge in [-0.1, -0.05) is 24.3 Å². The highest BCUT2D eigenvalue weighted by molar-refractivity contribution is 7.63. The van der Waals surface area contributed by atoms with Crippen molar-refractivity contribution >= 4 is 29.9 Å². The third-order valence-corrected chi connectivity index (χ3v) is 5.70. The van der Waals surface area contributed by atoms with E-state index in [0.717, 1.165) is 0 Å². The quantitative estimate of drug-likeness (QED) is 0.622. The Bertz CT molecular complexity index is 1080. The molecule has 2 heterocycles. The summed E-state index contributed by atoms with van der Waals surface area (Å²) >= 11 is 0. The van der Waals surface area contributed by atoms with Crippen molar-refractivity contribution in [2.24, 2.45) is 0 Å². The fourth-order valence-electron chi connectivity index (χ4n) is 2.73. The lowest BCUT2D eigenvalue weighted by Crippen LogP contribution is -2.31. The van der Waals surface area contributed by atoms with Crippen LogP contribution in [0.3, 0.4) is 0 Å². The van der Waals surface area contributed by atoms with Crippen LogP contribution in [0.1, 0.15) is 16.2 Å². The number of amides is 1. The van der Waals surface area contributed by atoms with Crippen molar-refractivity contribution in [1.82, 2.24) is 15.1 Å². The summed E-state index contributed by atoms with van der Waals surface area (Å²) in [7, 11) is -3.30. The topological polar surface area (TPSA) is 104 Å². The molecule has 0 aliphatic carbocycles. The molecule has 0 saturated carbocycles. The van der Waals surface area contributed by atoms with E-state index in [9.17, 15) is 14.2 Å². The van der Waals surface area contributed by atoms with E-state index < -0.39 is 13.4 Å². The molecule has 1 unspecified atom stereocenters. The van der Waals surface area contributed by atoms with E-state index in [1.54, 1.807) is 48.5 Å². The van der Waals surface area contributed by atoms with Crippen LogP contribution in [0.4, 0.5) is 5.69 Å². The SMILES string of the molecule is O=C1NP(=O)(Cc2nc3ccccc3c(=O)[nH]2)Nc2ccccc21. The first-order valence-corrected chi connectivity index (χ1v) is 9.20. The molecule has 3 aromatic rings. The number of nitrogens with one attached hydrogen (secondary N) is 3. The number of fused-ring (bicyclic) bond motifs is 2. The van der Waals surface area contributed by atoms with Crippen LogP contribution in [-0.2, 0) is 10.7 Å². The highest BCUT2D eigenvalue weighted by atomic mass is 31.2. The van der Waals surface area contributed by atoms with E-state index in [-0.39, 0.29) is 17.5 Å². The number of aromatic amines is 1. The number of carbonyl (C=O) groups is 1. The summed E-state index contributed by atoms with van der Waals surface area (Å²) < 4.78 is 13.0. The van der Waals surface area contributed by atoms with Gasteiger partial charge in [0, 0.05) is 0 Å². The Labute approximate surface area is 136 Å². The van der Waals surface area contributed by atoms with Crippen LogP contribution in [0.2, 0.25) is 0 Å². The Kier molecular flexibility index (Phi) is 3.25. The van der Waals surface area contributed by atoms with E-state index in [0.29, 0.717) is 22.2 Å². The lowest BCUT2D eigenvalue weighted by Gasteiger charge is -2.27. The first kappa shape index (κ1) is 14.7. The molecule has 1 atom stereocenters. The number of rotatable bonds is 2. The highest BCUT2D eigenvalue weighted by Gasteiger charge is 2.33. The molecule has 3 N–H and O–H groups in total. The molecule has 24 heavy (non-hydrogen) atoms. The van der Waals surface area contributed by atoms with Gasteiger partial charge in [-0.05, 0) is 24.3 Å². The Morgan fingerprint density at radius 1 is 0.958 bits per heavy atom. The molecule has 1 aliphatic rings. The lowest BCUT2D eigenvalue weighted by molar-refractivity contribution is 0.0980. The van der Waals surface area contributed by atoms with Crippen LogP contribution >= 0.6 is 7.44 Å². The molecular formula is C16H13N4O3P. The van der Waals surface area contributed by atoms with Gasteiger partial charge in [0.15, 0.2) is 0 Å². The Hall–Kier alpha value is -2.92. The number of carbonyl (C=O) groups excluding carboxylic acids is 1. The Balaban J connectivity index is 1.72. The van der Waals surface area contributed by atoms with Crippen LogP contribution in [0, 0.1) is 0 Å². The third kappa shape index (κ3) is 2.49. The monoisotopic (exact) mass is 340 g/mol. The molecule has 7 nitrogen and oxygen atoms in total. The lowest BCUT2D eigenvalue weighted by atomic mass is 10.2. The number of aromatic nitrogens is 2. The van der Waals surface area contributed by atoms with E-state index >= 15 is 0 Å². The normalized spacial score (nSPS) is 19.4. The third-order valence-electron chi connectivity index (χ3n) is 3.79. The molecule has 1 aromatic heterocycles. The van der Waals surface area contributed by atoms with Gasteiger partial charge in [-0.3, -0.25) is 19.2 Å². The van der Waals surface area contributed by atoms with E-state index in [1.165, 1.54) is 0 Å². The van der Waals surface area contributed by atoms with E-state index in [4.69, 9.17) is 0 Å². The van der Waals surface area contributed by atoms with Gasteiger partial charge in [-0.2, -0.15) is 0 Å². The zero-order valence-corrected chi connectivity index (χ0v) is 13.3.